The van der Waals surface area contributed by atoms with Crippen LogP contribution in [0.15, 0.2) is 0 Å². The van der Waals surface area contributed by atoms with Gasteiger partial charge < -0.3 is 10.4 Å². The van der Waals surface area contributed by atoms with Gasteiger partial charge in [-0.3, -0.25) is 4.79 Å². The Kier molecular flexibility index (Phi) is 6.04. The van der Waals surface area contributed by atoms with Gasteiger partial charge >= 0.3 is 0 Å². The van der Waals surface area contributed by atoms with Crippen LogP contribution in [0.25, 0.3) is 0 Å². The van der Waals surface area contributed by atoms with Crippen molar-refractivity contribution in [3.63, 3.8) is 0 Å². The molecule has 0 aromatic rings. The Hall–Kier alpha value is -0.660. The first-order valence-electron chi connectivity index (χ1n) is 6.32. The molecule has 2 N–H and O–H groups in total. The first-order valence-corrected chi connectivity index (χ1v) is 8.17. The van der Waals surface area contributed by atoms with Crippen molar-refractivity contribution in [3.8, 4) is 0 Å². The van der Waals surface area contributed by atoms with Crippen molar-refractivity contribution in [2.24, 2.45) is 0 Å². The van der Waals surface area contributed by atoms with Crippen molar-refractivity contribution in [2.45, 2.75) is 38.1 Å². The third kappa shape index (κ3) is 4.55. The van der Waals surface area contributed by atoms with E-state index in [1.165, 1.54) is 4.31 Å². The highest BCUT2D eigenvalue weighted by Crippen LogP contribution is 2.20. The molecule has 7 heteroatoms. The number of amides is 1. The van der Waals surface area contributed by atoms with E-state index in [1.807, 2.05) is 0 Å². The molecule has 0 aromatic heterocycles. The van der Waals surface area contributed by atoms with Crippen LogP contribution in [-0.2, 0) is 14.8 Å². The molecule has 106 valence electrons. The van der Waals surface area contributed by atoms with Gasteiger partial charge in [0.15, 0.2) is 0 Å². The maximum atomic E-state index is 11.9. The highest BCUT2D eigenvalue weighted by atomic mass is 32.2. The molecule has 0 saturated carbocycles. The summed E-state index contributed by atoms with van der Waals surface area (Å²) in [7, 11) is -3.30. The van der Waals surface area contributed by atoms with Crippen LogP contribution in [-0.4, -0.2) is 55.7 Å². The highest BCUT2D eigenvalue weighted by molar-refractivity contribution is 7.88. The molecule has 1 rings (SSSR count). The summed E-state index contributed by atoms with van der Waals surface area (Å²) in [6.07, 6.45) is 4.86. The summed E-state index contributed by atoms with van der Waals surface area (Å²) >= 11 is 0. The van der Waals surface area contributed by atoms with Crippen molar-refractivity contribution >= 4 is 15.9 Å². The number of aliphatic hydroxyl groups is 1. The molecule has 1 heterocycles. The van der Waals surface area contributed by atoms with Crippen LogP contribution in [0.1, 0.15) is 32.1 Å². The second-order valence-electron chi connectivity index (χ2n) is 4.61. The summed E-state index contributed by atoms with van der Waals surface area (Å²) in [6, 6.07) is -0.544. The minimum atomic E-state index is -3.30. The van der Waals surface area contributed by atoms with Crippen LogP contribution in [0.5, 0.6) is 0 Å². The number of sulfonamides is 1. The zero-order valence-electron chi connectivity index (χ0n) is 10.8. The van der Waals surface area contributed by atoms with Crippen molar-refractivity contribution in [1.82, 2.24) is 9.62 Å². The summed E-state index contributed by atoms with van der Waals surface area (Å²) < 4.78 is 24.2. The number of aliphatic hydroxyl groups excluding tert-OH is 1. The molecule has 6 nitrogen and oxygen atoms in total. The number of carbonyl (C=O) groups is 1. The third-order valence-corrected chi connectivity index (χ3v) is 4.36. The summed E-state index contributed by atoms with van der Waals surface area (Å²) in [4.78, 5) is 11.9. The van der Waals surface area contributed by atoms with E-state index in [2.05, 4.69) is 5.32 Å². The van der Waals surface area contributed by atoms with Gasteiger partial charge in [0.05, 0.1) is 6.26 Å². The fraction of sp³-hybridized carbons (Fsp3) is 0.909. The van der Waals surface area contributed by atoms with Gasteiger partial charge in [0, 0.05) is 19.7 Å². The van der Waals surface area contributed by atoms with Crippen molar-refractivity contribution in [1.29, 1.82) is 0 Å². The summed E-state index contributed by atoms with van der Waals surface area (Å²) in [6.45, 7) is 1.13. The van der Waals surface area contributed by atoms with E-state index in [1.54, 1.807) is 0 Å². The molecule has 0 spiro atoms. The van der Waals surface area contributed by atoms with E-state index < -0.39 is 16.1 Å². The average Bonchev–Trinajstić information content (AvgIpc) is 2.77. The van der Waals surface area contributed by atoms with Crippen molar-refractivity contribution < 1.29 is 18.3 Å². The highest BCUT2D eigenvalue weighted by Gasteiger charge is 2.35. The van der Waals surface area contributed by atoms with E-state index in [4.69, 9.17) is 5.11 Å². The predicted octanol–water partition coefficient (Wildman–Crippen LogP) is -0.311. The van der Waals surface area contributed by atoms with Crippen molar-refractivity contribution in [2.75, 3.05) is 26.0 Å². The Balaban J connectivity index is 2.37. The molecule has 1 amide bonds. The van der Waals surface area contributed by atoms with Gasteiger partial charge in [0.1, 0.15) is 6.04 Å². The molecule has 1 aliphatic rings. The van der Waals surface area contributed by atoms with Crippen LogP contribution in [0.3, 0.4) is 0 Å². The van der Waals surface area contributed by atoms with Gasteiger partial charge in [-0.1, -0.05) is 0 Å². The molecule has 18 heavy (non-hydrogen) atoms. The Bertz CT molecular complexity index is 369. The summed E-state index contributed by atoms with van der Waals surface area (Å²) in [5, 5.41) is 11.4. The lowest BCUT2D eigenvalue weighted by Crippen LogP contribution is -2.45. The first-order chi connectivity index (χ1) is 8.46. The fourth-order valence-corrected chi connectivity index (χ4v) is 3.27. The van der Waals surface area contributed by atoms with Crippen LogP contribution < -0.4 is 5.32 Å². The number of nitrogens with zero attached hydrogens (tertiary/aromatic N) is 1. The zero-order chi connectivity index (χ0) is 13.6. The Morgan fingerprint density at radius 3 is 2.72 bits per heavy atom. The minimum absolute atomic E-state index is 0.165. The van der Waals surface area contributed by atoms with Gasteiger partial charge in [0.25, 0.3) is 0 Å². The molecular weight excluding hydrogens is 256 g/mol. The maximum absolute atomic E-state index is 11.9. The van der Waals surface area contributed by atoms with E-state index in [-0.39, 0.29) is 12.5 Å². The Labute approximate surface area is 108 Å². The van der Waals surface area contributed by atoms with Gasteiger partial charge in [-0.05, 0) is 32.1 Å². The lowest BCUT2D eigenvalue weighted by Gasteiger charge is -2.21. The first kappa shape index (κ1) is 15.4. The number of hydrogen-bond donors (Lipinski definition) is 2. The SMILES string of the molecule is CS(=O)(=O)N1CCCC1C(=O)NCCCCCO. The van der Waals surface area contributed by atoms with Gasteiger partial charge in [-0.25, -0.2) is 8.42 Å². The third-order valence-electron chi connectivity index (χ3n) is 3.07. The number of carbonyl (C=O) groups excluding carboxylic acids is 1. The quantitative estimate of drug-likeness (QED) is 0.625. The molecule has 1 unspecified atom stereocenters. The topological polar surface area (TPSA) is 86.7 Å². The molecule has 1 aliphatic heterocycles. The smallest absolute Gasteiger partial charge is 0.238 e. The molecule has 0 radical (unpaired) electrons. The number of hydrogen-bond acceptors (Lipinski definition) is 4. The van der Waals surface area contributed by atoms with E-state index >= 15 is 0 Å². The standard InChI is InChI=1S/C11H22N2O4S/c1-18(16,17)13-8-5-6-10(13)11(15)12-7-3-2-4-9-14/h10,14H,2-9H2,1H3,(H,12,15). The second-order valence-corrected chi connectivity index (χ2v) is 6.54. The van der Waals surface area contributed by atoms with Crippen LogP contribution >= 0.6 is 0 Å². The summed E-state index contributed by atoms with van der Waals surface area (Å²) in [5.41, 5.74) is 0. The van der Waals surface area contributed by atoms with Gasteiger partial charge in [-0.2, -0.15) is 4.31 Å². The van der Waals surface area contributed by atoms with E-state index in [0.29, 0.717) is 19.5 Å². The molecule has 0 aliphatic carbocycles. The number of rotatable bonds is 7. The number of unbranched alkanes of at least 4 members (excludes halogenated alkanes) is 2. The fourth-order valence-electron chi connectivity index (χ4n) is 2.14. The largest absolute Gasteiger partial charge is 0.396 e. The monoisotopic (exact) mass is 278 g/mol. The lowest BCUT2D eigenvalue weighted by atomic mass is 10.2. The molecular formula is C11H22N2O4S. The number of nitrogens with one attached hydrogen (secondary N) is 1. The Morgan fingerprint density at radius 2 is 2.11 bits per heavy atom. The predicted molar refractivity (Wildman–Crippen MR) is 68.5 cm³/mol. The zero-order valence-corrected chi connectivity index (χ0v) is 11.6. The Morgan fingerprint density at radius 1 is 1.39 bits per heavy atom. The molecule has 1 atom stereocenters. The van der Waals surface area contributed by atoms with Crippen molar-refractivity contribution in [3.05, 3.63) is 0 Å². The van der Waals surface area contributed by atoms with E-state index in [9.17, 15) is 13.2 Å². The molecule has 0 bridgehead atoms. The molecule has 1 fully saturated rings. The minimum Gasteiger partial charge on any atom is -0.396 e. The van der Waals surface area contributed by atoms with Crippen LogP contribution in [0, 0.1) is 0 Å². The molecule has 0 aromatic carbocycles. The van der Waals surface area contributed by atoms with Crippen LogP contribution in [0.2, 0.25) is 0 Å². The van der Waals surface area contributed by atoms with Gasteiger partial charge in [-0.15, -0.1) is 0 Å². The normalized spacial score (nSPS) is 21.1. The van der Waals surface area contributed by atoms with E-state index in [0.717, 1.165) is 31.9 Å². The lowest BCUT2D eigenvalue weighted by molar-refractivity contribution is -0.124. The van der Waals surface area contributed by atoms with Gasteiger partial charge in [0.2, 0.25) is 15.9 Å². The summed E-state index contributed by atoms with van der Waals surface area (Å²) in [5.74, 6) is -0.207. The van der Waals surface area contributed by atoms with Crippen LogP contribution in [0.4, 0.5) is 0 Å². The maximum Gasteiger partial charge on any atom is 0.238 e. The molecule has 1 saturated heterocycles. The average molecular weight is 278 g/mol. The second kappa shape index (κ2) is 7.06.